The van der Waals surface area contributed by atoms with E-state index in [0.717, 1.165) is 0 Å². The average Bonchev–Trinajstić information content (AvgIpc) is 2.49. The molecule has 0 bridgehead atoms. The lowest BCUT2D eigenvalue weighted by atomic mass is 9.95. The molecule has 2 unspecified atom stereocenters. The number of carbonyl (C=O) groups is 2. The fourth-order valence-electron chi connectivity index (χ4n) is 2.20. The summed E-state index contributed by atoms with van der Waals surface area (Å²) < 4.78 is 0. The van der Waals surface area contributed by atoms with Crippen molar-refractivity contribution < 1.29 is 30.0 Å². The molecule has 0 spiro atoms. The van der Waals surface area contributed by atoms with Gasteiger partial charge in [-0.1, -0.05) is 6.07 Å². The van der Waals surface area contributed by atoms with Gasteiger partial charge < -0.3 is 31.1 Å². The predicted octanol–water partition coefficient (Wildman–Crippen LogP) is -0.920. The number of aliphatic hydroxyl groups excluding tert-OH is 2. The Morgan fingerprint density at radius 3 is 2.48 bits per heavy atom. The molecule has 0 aliphatic heterocycles. The van der Waals surface area contributed by atoms with E-state index in [2.05, 4.69) is 0 Å². The first-order chi connectivity index (χ1) is 10.7. The quantitative estimate of drug-likeness (QED) is 0.436. The third kappa shape index (κ3) is 4.65. The summed E-state index contributed by atoms with van der Waals surface area (Å²) in [5.41, 5.74) is 6.50. The minimum absolute atomic E-state index is 0.0186. The Kier molecular flexibility index (Phi) is 6.49. The van der Waals surface area contributed by atoms with E-state index in [4.69, 9.17) is 15.9 Å². The highest BCUT2D eigenvalue weighted by Crippen LogP contribution is 2.26. The highest BCUT2D eigenvalue weighted by atomic mass is 16.4. The van der Waals surface area contributed by atoms with E-state index in [1.807, 2.05) is 0 Å². The number of benzene rings is 1. The summed E-state index contributed by atoms with van der Waals surface area (Å²) in [5, 5.41) is 37.1. The molecule has 6 N–H and O–H groups in total. The van der Waals surface area contributed by atoms with Gasteiger partial charge in [0.15, 0.2) is 0 Å². The van der Waals surface area contributed by atoms with E-state index in [1.165, 1.54) is 24.1 Å². The predicted molar refractivity (Wildman–Crippen MR) is 82.2 cm³/mol. The van der Waals surface area contributed by atoms with Gasteiger partial charge in [-0.15, -0.1) is 0 Å². The van der Waals surface area contributed by atoms with Crippen molar-refractivity contribution in [2.45, 2.75) is 25.5 Å². The largest absolute Gasteiger partial charge is 0.507 e. The molecule has 0 heterocycles. The highest BCUT2D eigenvalue weighted by Gasteiger charge is 2.23. The number of phenols is 1. The number of hydrogen-bond acceptors (Lipinski definition) is 6. The van der Waals surface area contributed by atoms with Crippen molar-refractivity contribution >= 4 is 11.9 Å². The van der Waals surface area contributed by atoms with Gasteiger partial charge in [-0.05, 0) is 30.5 Å². The van der Waals surface area contributed by atoms with E-state index >= 15 is 0 Å². The molecule has 128 valence electrons. The van der Waals surface area contributed by atoms with Gasteiger partial charge in [0, 0.05) is 13.6 Å². The summed E-state index contributed by atoms with van der Waals surface area (Å²) >= 11 is 0. The van der Waals surface area contributed by atoms with Crippen molar-refractivity contribution in [2.24, 2.45) is 5.73 Å². The van der Waals surface area contributed by atoms with Gasteiger partial charge in [0.1, 0.15) is 11.8 Å². The van der Waals surface area contributed by atoms with Crippen LogP contribution < -0.4 is 5.73 Å². The molecule has 0 fully saturated rings. The molecule has 0 saturated carbocycles. The van der Waals surface area contributed by atoms with Crippen LogP contribution in [0, 0.1) is 6.92 Å². The number of likely N-dealkylation sites (N-methyl/N-ethyl adjacent to an activating group) is 1. The monoisotopic (exact) mass is 326 g/mol. The van der Waals surface area contributed by atoms with Gasteiger partial charge in [-0.25, -0.2) is 0 Å². The van der Waals surface area contributed by atoms with E-state index in [1.54, 1.807) is 6.92 Å². The van der Waals surface area contributed by atoms with Crippen molar-refractivity contribution in [2.75, 3.05) is 20.2 Å². The fraction of sp³-hybridized carbons (Fsp3) is 0.467. The smallest absolute Gasteiger partial charge is 0.320 e. The van der Waals surface area contributed by atoms with Gasteiger partial charge in [-0.3, -0.25) is 9.59 Å². The van der Waals surface area contributed by atoms with Crippen LogP contribution in [0.25, 0.3) is 0 Å². The third-order valence-corrected chi connectivity index (χ3v) is 3.57. The number of aliphatic carboxylic acids is 1. The van der Waals surface area contributed by atoms with E-state index in [-0.39, 0.29) is 24.3 Å². The molecule has 2 atom stereocenters. The van der Waals surface area contributed by atoms with Crippen LogP contribution >= 0.6 is 0 Å². The molecule has 8 heteroatoms. The Labute approximate surface area is 133 Å². The number of rotatable bonds is 7. The zero-order chi connectivity index (χ0) is 17.7. The molecule has 1 aromatic rings. The summed E-state index contributed by atoms with van der Waals surface area (Å²) in [7, 11) is 1.43. The zero-order valence-corrected chi connectivity index (χ0v) is 13.1. The Balaban J connectivity index is 3.10. The maximum absolute atomic E-state index is 12.4. The van der Waals surface area contributed by atoms with Gasteiger partial charge in [0.05, 0.1) is 18.3 Å². The van der Waals surface area contributed by atoms with Crippen molar-refractivity contribution in [3.63, 3.8) is 0 Å². The number of carbonyl (C=O) groups excluding carboxylic acids is 1. The van der Waals surface area contributed by atoms with Gasteiger partial charge in [0.2, 0.25) is 0 Å². The molecule has 0 aromatic heterocycles. The van der Waals surface area contributed by atoms with Crippen LogP contribution in [0.5, 0.6) is 5.75 Å². The number of carboxylic acid groups (broad SMARTS) is 1. The first kappa shape index (κ1) is 18.9. The van der Waals surface area contributed by atoms with Crippen LogP contribution in [0.3, 0.4) is 0 Å². The summed E-state index contributed by atoms with van der Waals surface area (Å²) in [6, 6.07) is 1.71. The first-order valence-electron chi connectivity index (χ1n) is 7.03. The van der Waals surface area contributed by atoms with Crippen LogP contribution in [0.1, 0.15) is 21.5 Å². The van der Waals surface area contributed by atoms with Gasteiger partial charge in [-0.2, -0.15) is 0 Å². The number of aromatic hydroxyl groups is 1. The Morgan fingerprint density at radius 1 is 1.35 bits per heavy atom. The maximum atomic E-state index is 12.4. The summed E-state index contributed by atoms with van der Waals surface area (Å²) in [4.78, 5) is 24.5. The van der Waals surface area contributed by atoms with Crippen molar-refractivity contribution in [3.8, 4) is 5.75 Å². The number of nitrogens with zero attached hydrogens (tertiary/aromatic N) is 1. The second kappa shape index (κ2) is 7.91. The molecule has 0 radical (unpaired) electrons. The van der Waals surface area contributed by atoms with Gasteiger partial charge in [0.25, 0.3) is 5.91 Å². The highest BCUT2D eigenvalue weighted by molar-refractivity contribution is 5.98. The minimum Gasteiger partial charge on any atom is -0.507 e. The van der Waals surface area contributed by atoms with Crippen LogP contribution in [-0.4, -0.2) is 69.5 Å². The molecule has 1 amide bonds. The molecule has 1 rings (SSSR count). The SMILES string of the molecule is Cc1c(CC(N)C(=O)O)ccc(O)c1C(=O)N(C)CC(O)CO. The molecule has 0 saturated heterocycles. The molecule has 1 aromatic carbocycles. The van der Waals surface area contributed by atoms with Crippen LogP contribution in [0.15, 0.2) is 12.1 Å². The molecule has 8 nitrogen and oxygen atoms in total. The first-order valence-corrected chi connectivity index (χ1v) is 7.03. The van der Waals surface area contributed by atoms with E-state index in [9.17, 15) is 19.8 Å². The number of amides is 1. The van der Waals surface area contributed by atoms with Crippen LogP contribution in [0.4, 0.5) is 0 Å². The molecule has 0 aliphatic carbocycles. The lowest BCUT2D eigenvalue weighted by Crippen LogP contribution is -2.36. The number of phenolic OH excluding ortho intramolecular Hbond substituents is 1. The number of carboxylic acids is 1. The normalized spacial score (nSPS) is 13.4. The number of nitrogens with two attached hydrogens (primary N) is 1. The maximum Gasteiger partial charge on any atom is 0.320 e. The standard InChI is InChI=1S/C15H22N2O6/c1-8-9(5-11(16)15(22)23)3-4-12(20)13(8)14(21)17(2)6-10(19)7-18/h3-4,10-11,18-20H,5-7,16H2,1-2H3,(H,22,23). The lowest BCUT2D eigenvalue weighted by Gasteiger charge is -2.22. The minimum atomic E-state index is -1.16. The second-order valence-electron chi connectivity index (χ2n) is 5.41. The van der Waals surface area contributed by atoms with Crippen LogP contribution in [0.2, 0.25) is 0 Å². The van der Waals surface area contributed by atoms with E-state index < -0.39 is 30.6 Å². The topological polar surface area (TPSA) is 144 Å². The third-order valence-electron chi connectivity index (χ3n) is 3.57. The zero-order valence-electron chi connectivity index (χ0n) is 13.1. The number of hydrogen-bond donors (Lipinski definition) is 5. The lowest BCUT2D eigenvalue weighted by molar-refractivity contribution is -0.138. The van der Waals surface area contributed by atoms with Crippen LogP contribution in [-0.2, 0) is 11.2 Å². The second-order valence-corrected chi connectivity index (χ2v) is 5.41. The van der Waals surface area contributed by atoms with Crippen molar-refractivity contribution in [1.82, 2.24) is 4.90 Å². The summed E-state index contributed by atoms with van der Waals surface area (Å²) in [6.07, 6.45) is -1.07. The molecular formula is C15H22N2O6. The molecular weight excluding hydrogens is 304 g/mol. The number of aliphatic hydroxyl groups is 2. The molecule has 0 aliphatic rings. The summed E-state index contributed by atoms with van der Waals surface area (Å²) in [6.45, 7) is 0.996. The average molecular weight is 326 g/mol. The molecule has 23 heavy (non-hydrogen) atoms. The summed E-state index contributed by atoms with van der Waals surface area (Å²) in [5.74, 6) is -1.95. The Hall–Kier alpha value is -2.16. The van der Waals surface area contributed by atoms with Crippen molar-refractivity contribution in [3.05, 3.63) is 28.8 Å². The fourth-order valence-corrected chi connectivity index (χ4v) is 2.20. The van der Waals surface area contributed by atoms with Gasteiger partial charge >= 0.3 is 5.97 Å². The van der Waals surface area contributed by atoms with Crippen molar-refractivity contribution in [1.29, 1.82) is 0 Å². The Bertz CT molecular complexity index is 590. The van der Waals surface area contributed by atoms with E-state index in [0.29, 0.717) is 11.1 Å². The Morgan fingerprint density at radius 2 is 1.96 bits per heavy atom.